The number of ketones is 1. The molecule has 1 N–H and O–H groups in total. The molecule has 1 heterocycles. The number of nitrogens with zero attached hydrogens (tertiary/aromatic N) is 1. The van der Waals surface area contributed by atoms with Gasteiger partial charge in [0.05, 0.1) is 31.9 Å². The molecule has 35 heavy (non-hydrogen) atoms. The standard InChI is InChI=1S/C28H35NO6/c1-17(2)11-13-35-22-10-9-20(16-23(22)34-6)25-24(27(31)28(32)29(25)12-14-33-5)26(30)21-15-18(3)7-8-19(21)4/h7-10,15-17,25,30H,11-14H2,1-6H3/b26-24+. The van der Waals surface area contributed by atoms with Crippen LogP contribution in [0.2, 0.25) is 0 Å². The molecule has 3 rings (SSSR count). The van der Waals surface area contributed by atoms with Gasteiger partial charge in [0.1, 0.15) is 5.76 Å². The highest BCUT2D eigenvalue weighted by atomic mass is 16.5. The van der Waals surface area contributed by atoms with Gasteiger partial charge >= 0.3 is 0 Å². The van der Waals surface area contributed by atoms with Gasteiger partial charge in [0.15, 0.2) is 11.5 Å². The van der Waals surface area contributed by atoms with Crippen LogP contribution in [0.25, 0.3) is 5.76 Å². The maximum atomic E-state index is 13.2. The summed E-state index contributed by atoms with van der Waals surface area (Å²) in [6.07, 6.45) is 0.901. The molecule has 1 aliphatic rings. The molecule has 2 aromatic rings. The van der Waals surface area contributed by atoms with Crippen LogP contribution in [-0.4, -0.2) is 55.7 Å². The fourth-order valence-corrected chi connectivity index (χ4v) is 4.16. The van der Waals surface area contributed by atoms with Crippen molar-refractivity contribution in [3.05, 3.63) is 64.2 Å². The van der Waals surface area contributed by atoms with Gasteiger partial charge in [-0.15, -0.1) is 0 Å². The number of ether oxygens (including phenoxy) is 3. The number of carbonyl (C=O) groups is 2. The van der Waals surface area contributed by atoms with Crippen molar-refractivity contribution in [3.63, 3.8) is 0 Å². The van der Waals surface area contributed by atoms with Gasteiger partial charge in [-0.3, -0.25) is 9.59 Å². The lowest BCUT2D eigenvalue weighted by molar-refractivity contribution is -0.140. The van der Waals surface area contributed by atoms with E-state index in [0.717, 1.165) is 17.5 Å². The minimum atomic E-state index is -0.788. The SMILES string of the molecule is COCCN1C(=O)C(=O)/C(=C(/O)c2cc(C)ccc2C)C1c1ccc(OCCC(C)C)c(OC)c1. The number of hydrogen-bond donors (Lipinski definition) is 1. The summed E-state index contributed by atoms with van der Waals surface area (Å²) in [4.78, 5) is 27.7. The van der Waals surface area contributed by atoms with E-state index in [9.17, 15) is 14.7 Å². The number of amides is 1. The summed E-state index contributed by atoms with van der Waals surface area (Å²) in [5.74, 6) is 0.00281. The average molecular weight is 482 g/mol. The number of Topliss-reactive ketones (excluding diaryl/α,β-unsaturated/α-hetero) is 1. The molecule has 0 spiro atoms. The predicted molar refractivity (Wildman–Crippen MR) is 135 cm³/mol. The van der Waals surface area contributed by atoms with E-state index < -0.39 is 17.7 Å². The lowest BCUT2D eigenvalue weighted by atomic mass is 9.93. The number of likely N-dealkylation sites (tertiary alicyclic amines) is 1. The first kappa shape index (κ1) is 26.3. The topological polar surface area (TPSA) is 85.3 Å². The van der Waals surface area contributed by atoms with Gasteiger partial charge in [-0.05, 0) is 55.5 Å². The summed E-state index contributed by atoms with van der Waals surface area (Å²) in [6.45, 7) is 9.02. The molecule has 7 heteroatoms. The van der Waals surface area contributed by atoms with Gasteiger partial charge in [0, 0.05) is 19.2 Å². The van der Waals surface area contributed by atoms with Crippen molar-refractivity contribution in [1.82, 2.24) is 4.90 Å². The first-order valence-corrected chi connectivity index (χ1v) is 11.8. The molecule has 188 valence electrons. The minimum Gasteiger partial charge on any atom is -0.507 e. The lowest BCUT2D eigenvalue weighted by Crippen LogP contribution is -2.32. The van der Waals surface area contributed by atoms with E-state index in [0.29, 0.717) is 35.2 Å². The number of aliphatic hydroxyl groups is 1. The molecule has 7 nitrogen and oxygen atoms in total. The highest BCUT2D eigenvalue weighted by Gasteiger charge is 2.46. The molecule has 0 aliphatic carbocycles. The summed E-state index contributed by atoms with van der Waals surface area (Å²) < 4.78 is 16.7. The maximum absolute atomic E-state index is 13.2. The quantitative estimate of drug-likeness (QED) is 0.298. The van der Waals surface area contributed by atoms with Crippen LogP contribution in [0, 0.1) is 19.8 Å². The molecule has 1 atom stereocenters. The molecule has 1 amide bonds. The van der Waals surface area contributed by atoms with Gasteiger partial charge in [-0.1, -0.05) is 37.6 Å². The fourth-order valence-electron chi connectivity index (χ4n) is 4.16. The van der Waals surface area contributed by atoms with Crippen molar-refractivity contribution < 1.29 is 28.9 Å². The van der Waals surface area contributed by atoms with Gasteiger partial charge in [-0.2, -0.15) is 0 Å². The minimum absolute atomic E-state index is 0.0512. The van der Waals surface area contributed by atoms with Crippen LogP contribution in [0.3, 0.4) is 0 Å². The van der Waals surface area contributed by atoms with Crippen molar-refractivity contribution in [2.75, 3.05) is 34.0 Å². The van der Waals surface area contributed by atoms with E-state index in [2.05, 4.69) is 13.8 Å². The van der Waals surface area contributed by atoms with Crippen molar-refractivity contribution in [1.29, 1.82) is 0 Å². The van der Waals surface area contributed by atoms with E-state index in [1.165, 1.54) is 12.0 Å². The van der Waals surface area contributed by atoms with E-state index in [4.69, 9.17) is 14.2 Å². The molecule has 1 unspecified atom stereocenters. The zero-order valence-corrected chi connectivity index (χ0v) is 21.4. The van der Waals surface area contributed by atoms with Crippen LogP contribution in [0.15, 0.2) is 42.0 Å². The Morgan fingerprint density at radius 3 is 2.43 bits per heavy atom. The molecule has 0 saturated carbocycles. The third kappa shape index (κ3) is 5.68. The van der Waals surface area contributed by atoms with Crippen LogP contribution in [0.4, 0.5) is 0 Å². The first-order chi connectivity index (χ1) is 16.7. The first-order valence-electron chi connectivity index (χ1n) is 11.8. The van der Waals surface area contributed by atoms with Crippen LogP contribution in [0.1, 0.15) is 48.6 Å². The van der Waals surface area contributed by atoms with Crippen molar-refractivity contribution in [2.45, 2.75) is 40.2 Å². The van der Waals surface area contributed by atoms with Crippen LogP contribution < -0.4 is 9.47 Å². The summed E-state index contributed by atoms with van der Waals surface area (Å²) >= 11 is 0. The molecule has 1 fully saturated rings. The van der Waals surface area contributed by atoms with Crippen LogP contribution in [-0.2, 0) is 14.3 Å². The Kier molecular flexibility index (Phi) is 8.57. The van der Waals surface area contributed by atoms with Crippen LogP contribution >= 0.6 is 0 Å². The fraction of sp³-hybridized carbons (Fsp3) is 0.429. The van der Waals surface area contributed by atoms with E-state index in [1.54, 1.807) is 25.3 Å². The van der Waals surface area contributed by atoms with E-state index in [1.807, 2.05) is 32.0 Å². The second-order valence-corrected chi connectivity index (χ2v) is 9.24. The van der Waals surface area contributed by atoms with Gasteiger partial charge in [0.2, 0.25) is 0 Å². The van der Waals surface area contributed by atoms with Crippen molar-refractivity contribution >= 4 is 17.4 Å². The van der Waals surface area contributed by atoms with E-state index in [-0.39, 0.29) is 24.5 Å². The summed E-state index contributed by atoms with van der Waals surface area (Å²) in [7, 11) is 3.08. The van der Waals surface area contributed by atoms with Crippen molar-refractivity contribution in [2.24, 2.45) is 5.92 Å². The van der Waals surface area contributed by atoms with Gasteiger partial charge < -0.3 is 24.2 Å². The average Bonchev–Trinajstić information content (AvgIpc) is 3.08. The van der Waals surface area contributed by atoms with E-state index >= 15 is 0 Å². The smallest absolute Gasteiger partial charge is 0.295 e. The predicted octanol–water partition coefficient (Wildman–Crippen LogP) is 4.81. The molecule has 0 bridgehead atoms. The number of aliphatic hydroxyl groups excluding tert-OH is 1. The molecule has 1 saturated heterocycles. The molecule has 1 aliphatic heterocycles. The second kappa shape index (κ2) is 11.4. The van der Waals surface area contributed by atoms with Gasteiger partial charge in [0.25, 0.3) is 11.7 Å². The number of carbonyl (C=O) groups excluding carboxylic acids is 2. The molecular weight excluding hydrogens is 446 g/mol. The summed E-state index contributed by atoms with van der Waals surface area (Å²) in [5, 5.41) is 11.3. The number of hydrogen-bond acceptors (Lipinski definition) is 6. The Hall–Kier alpha value is -3.32. The second-order valence-electron chi connectivity index (χ2n) is 9.24. The van der Waals surface area contributed by atoms with Crippen molar-refractivity contribution in [3.8, 4) is 11.5 Å². The highest BCUT2D eigenvalue weighted by molar-refractivity contribution is 6.46. The normalized spacial score (nSPS) is 17.3. The highest BCUT2D eigenvalue weighted by Crippen LogP contribution is 2.42. The number of methoxy groups -OCH3 is 2. The third-order valence-corrected chi connectivity index (χ3v) is 6.18. The summed E-state index contributed by atoms with van der Waals surface area (Å²) in [6, 6.07) is 10.2. The largest absolute Gasteiger partial charge is 0.507 e. The monoisotopic (exact) mass is 481 g/mol. The third-order valence-electron chi connectivity index (χ3n) is 6.18. The Bertz CT molecular complexity index is 1120. The zero-order chi connectivity index (χ0) is 25.7. The zero-order valence-electron chi connectivity index (χ0n) is 21.4. The molecule has 0 aromatic heterocycles. The number of benzene rings is 2. The Labute approximate surface area is 207 Å². The number of rotatable bonds is 10. The van der Waals surface area contributed by atoms with Gasteiger partial charge in [-0.25, -0.2) is 0 Å². The summed E-state index contributed by atoms with van der Waals surface area (Å²) in [5.41, 5.74) is 2.96. The number of aryl methyl sites for hydroxylation is 2. The molecule has 0 radical (unpaired) electrons. The maximum Gasteiger partial charge on any atom is 0.295 e. The Morgan fingerprint density at radius 2 is 1.77 bits per heavy atom. The molecular formula is C28H35NO6. The lowest BCUT2D eigenvalue weighted by Gasteiger charge is -2.26. The van der Waals surface area contributed by atoms with Crippen LogP contribution in [0.5, 0.6) is 11.5 Å². The Balaban J connectivity index is 2.12. The Morgan fingerprint density at radius 1 is 1.03 bits per heavy atom. The molecule has 2 aromatic carbocycles.